The van der Waals surface area contributed by atoms with Crippen LogP contribution in [-0.4, -0.2) is 37.2 Å². The van der Waals surface area contributed by atoms with Crippen molar-refractivity contribution in [2.24, 2.45) is 0 Å². The minimum absolute atomic E-state index is 0.00991. The maximum atomic E-state index is 12.2. The molecule has 17 heavy (non-hydrogen) atoms. The van der Waals surface area contributed by atoms with Gasteiger partial charge in [0, 0.05) is 31.9 Å². The van der Waals surface area contributed by atoms with E-state index in [2.05, 4.69) is 5.32 Å². The minimum Gasteiger partial charge on any atom is -0.382 e. The fourth-order valence-corrected chi connectivity index (χ4v) is 1.74. The lowest BCUT2D eigenvalue weighted by molar-refractivity contribution is -0.125. The summed E-state index contributed by atoms with van der Waals surface area (Å²) >= 11 is 0. The molecule has 4 heteroatoms. The summed E-state index contributed by atoms with van der Waals surface area (Å²) in [4.78, 5) is 13.8. The zero-order chi connectivity index (χ0) is 12.8. The van der Waals surface area contributed by atoms with Gasteiger partial charge in [-0.05, 0) is 13.8 Å². The third-order valence-corrected chi connectivity index (χ3v) is 2.68. The Morgan fingerprint density at radius 3 is 2.71 bits per heavy atom. The number of likely N-dealkylation sites (N-methyl/N-ethyl adjacent to an activating group) is 1. The van der Waals surface area contributed by atoms with Crippen LogP contribution >= 0.6 is 0 Å². The van der Waals surface area contributed by atoms with Gasteiger partial charge in [-0.1, -0.05) is 18.2 Å². The molecule has 1 amide bonds. The van der Waals surface area contributed by atoms with Gasteiger partial charge >= 0.3 is 0 Å². The van der Waals surface area contributed by atoms with Crippen LogP contribution < -0.4 is 5.32 Å². The highest BCUT2D eigenvalue weighted by Crippen LogP contribution is 2.16. The van der Waals surface area contributed by atoms with Crippen LogP contribution in [0.15, 0.2) is 35.1 Å². The summed E-state index contributed by atoms with van der Waals surface area (Å²) in [7, 11) is 1.79. The van der Waals surface area contributed by atoms with Crippen LogP contribution in [0.5, 0.6) is 0 Å². The van der Waals surface area contributed by atoms with Gasteiger partial charge < -0.3 is 15.6 Å². The summed E-state index contributed by atoms with van der Waals surface area (Å²) in [5.41, 5.74) is 2.10. The maximum Gasteiger partial charge on any atom is 0.255 e. The molecule has 1 aliphatic heterocycles. The number of nitrogens with one attached hydrogen (secondary N) is 2. The average Bonchev–Trinajstić information content (AvgIpc) is 2.46. The lowest BCUT2D eigenvalue weighted by Gasteiger charge is -2.14. The van der Waals surface area contributed by atoms with Gasteiger partial charge in [-0.15, -0.1) is 0 Å². The molecule has 0 saturated carbocycles. The zero-order valence-corrected chi connectivity index (χ0v) is 10.6. The Labute approximate surface area is 102 Å². The molecule has 0 aromatic carbocycles. The summed E-state index contributed by atoms with van der Waals surface area (Å²) in [5.74, 6) is -0.00991. The Kier molecular flexibility index (Phi) is 4.69. The van der Waals surface area contributed by atoms with E-state index in [0.717, 1.165) is 11.3 Å². The highest BCUT2D eigenvalue weighted by molar-refractivity contribution is 6.00. The molecule has 0 aliphatic carbocycles. The monoisotopic (exact) mass is 233 g/mol. The Bertz CT molecular complexity index is 405. The Hall–Kier alpha value is -1.84. The van der Waals surface area contributed by atoms with E-state index >= 15 is 0 Å². The first-order chi connectivity index (χ1) is 8.15. The molecule has 0 fully saturated rings. The maximum absolute atomic E-state index is 12.2. The van der Waals surface area contributed by atoms with E-state index in [1.165, 1.54) is 6.21 Å². The zero-order valence-electron chi connectivity index (χ0n) is 10.6. The lowest BCUT2D eigenvalue weighted by atomic mass is 10.1. The highest BCUT2D eigenvalue weighted by Gasteiger charge is 2.21. The van der Waals surface area contributed by atoms with Crippen molar-refractivity contribution in [3.05, 3.63) is 35.1 Å². The molecular formula is C13H19N3O. The molecule has 1 aliphatic rings. The van der Waals surface area contributed by atoms with Crippen LogP contribution in [0, 0.1) is 5.41 Å². The van der Waals surface area contributed by atoms with Crippen LogP contribution in [0.2, 0.25) is 0 Å². The van der Waals surface area contributed by atoms with Crippen LogP contribution in [0.25, 0.3) is 0 Å². The molecule has 92 valence electrons. The highest BCUT2D eigenvalue weighted by atomic mass is 16.2. The Morgan fingerprint density at radius 1 is 1.47 bits per heavy atom. The van der Waals surface area contributed by atoms with Gasteiger partial charge in [0.05, 0.1) is 11.3 Å². The predicted molar refractivity (Wildman–Crippen MR) is 70.0 cm³/mol. The minimum atomic E-state index is -0.00991. The number of hydrogen-bond donors (Lipinski definition) is 2. The fraction of sp³-hybridized carbons (Fsp3) is 0.385. The molecule has 0 aromatic heterocycles. The largest absolute Gasteiger partial charge is 0.382 e. The summed E-state index contributed by atoms with van der Waals surface area (Å²) in [6.07, 6.45) is 6.73. The molecule has 1 rings (SSSR count). The number of allylic oxidation sites excluding steroid dienone is 3. The number of nitrogens with zero attached hydrogens (tertiary/aromatic N) is 1. The number of amides is 1. The van der Waals surface area contributed by atoms with Crippen LogP contribution in [0.4, 0.5) is 0 Å². The van der Waals surface area contributed by atoms with Crippen LogP contribution in [-0.2, 0) is 4.79 Å². The van der Waals surface area contributed by atoms with Gasteiger partial charge in [-0.3, -0.25) is 4.79 Å². The lowest BCUT2D eigenvalue weighted by Crippen LogP contribution is -2.29. The molecule has 0 atom stereocenters. The fourth-order valence-electron chi connectivity index (χ4n) is 1.74. The van der Waals surface area contributed by atoms with Crippen molar-refractivity contribution in [3.8, 4) is 0 Å². The molecule has 0 bridgehead atoms. The second-order valence-corrected chi connectivity index (χ2v) is 3.83. The van der Waals surface area contributed by atoms with Gasteiger partial charge in [0.1, 0.15) is 0 Å². The molecule has 0 spiro atoms. The van der Waals surface area contributed by atoms with Crippen LogP contribution in [0.1, 0.15) is 13.8 Å². The van der Waals surface area contributed by atoms with E-state index in [0.29, 0.717) is 18.7 Å². The Balaban J connectivity index is 3.32. The topological polar surface area (TPSA) is 56.2 Å². The van der Waals surface area contributed by atoms with E-state index in [9.17, 15) is 4.79 Å². The molecule has 1 heterocycles. The SMILES string of the molecule is C/C=C\C1=C(C(/C=N)=C\C)NCCN(C)C1=O. The van der Waals surface area contributed by atoms with E-state index in [4.69, 9.17) is 5.41 Å². The molecule has 2 N–H and O–H groups in total. The van der Waals surface area contributed by atoms with Crippen molar-refractivity contribution in [2.75, 3.05) is 20.1 Å². The second-order valence-electron chi connectivity index (χ2n) is 3.83. The van der Waals surface area contributed by atoms with E-state index < -0.39 is 0 Å². The van der Waals surface area contributed by atoms with Crippen molar-refractivity contribution < 1.29 is 4.79 Å². The van der Waals surface area contributed by atoms with E-state index in [1.807, 2.05) is 26.0 Å². The molecule has 0 saturated heterocycles. The molecule has 4 nitrogen and oxygen atoms in total. The molecule has 0 aromatic rings. The molecule has 0 unspecified atom stereocenters. The van der Waals surface area contributed by atoms with Crippen molar-refractivity contribution in [1.29, 1.82) is 5.41 Å². The normalized spacial score (nSPS) is 18.4. The third kappa shape index (κ3) is 2.84. The molecular weight excluding hydrogens is 214 g/mol. The number of carbonyl (C=O) groups excluding carboxylic acids is 1. The van der Waals surface area contributed by atoms with Gasteiger partial charge in [0.25, 0.3) is 5.91 Å². The second kappa shape index (κ2) is 6.03. The Morgan fingerprint density at radius 2 is 2.18 bits per heavy atom. The first-order valence-corrected chi connectivity index (χ1v) is 5.69. The number of carbonyl (C=O) groups is 1. The summed E-state index contributed by atoms with van der Waals surface area (Å²) < 4.78 is 0. The quantitative estimate of drug-likeness (QED) is 0.725. The van der Waals surface area contributed by atoms with E-state index in [-0.39, 0.29) is 5.91 Å². The van der Waals surface area contributed by atoms with Crippen molar-refractivity contribution in [3.63, 3.8) is 0 Å². The van der Waals surface area contributed by atoms with Crippen LogP contribution in [0.3, 0.4) is 0 Å². The predicted octanol–water partition coefficient (Wildman–Crippen LogP) is 1.47. The standard InChI is InChI=1S/C13H19N3O/c1-4-6-11-12(10(5-2)9-14)15-7-8-16(3)13(11)17/h4-6,9,14-15H,7-8H2,1-3H3/b6-4-,10-5-,14-9?. The summed E-state index contributed by atoms with van der Waals surface area (Å²) in [6, 6.07) is 0. The number of hydrogen-bond acceptors (Lipinski definition) is 3. The smallest absolute Gasteiger partial charge is 0.255 e. The average molecular weight is 233 g/mol. The van der Waals surface area contributed by atoms with E-state index in [1.54, 1.807) is 18.0 Å². The first-order valence-electron chi connectivity index (χ1n) is 5.69. The van der Waals surface area contributed by atoms with Gasteiger partial charge in [-0.2, -0.15) is 0 Å². The van der Waals surface area contributed by atoms with Gasteiger partial charge in [-0.25, -0.2) is 0 Å². The number of rotatable bonds is 3. The van der Waals surface area contributed by atoms with Crippen molar-refractivity contribution >= 4 is 12.1 Å². The van der Waals surface area contributed by atoms with Crippen molar-refractivity contribution in [2.45, 2.75) is 13.8 Å². The first kappa shape index (κ1) is 13.2. The summed E-state index contributed by atoms with van der Waals surface area (Å²) in [5, 5.41) is 10.6. The third-order valence-electron chi connectivity index (χ3n) is 2.68. The van der Waals surface area contributed by atoms with Gasteiger partial charge in [0.2, 0.25) is 0 Å². The van der Waals surface area contributed by atoms with Crippen molar-refractivity contribution in [1.82, 2.24) is 10.2 Å². The molecule has 0 radical (unpaired) electrons. The summed E-state index contributed by atoms with van der Waals surface area (Å²) in [6.45, 7) is 5.10. The van der Waals surface area contributed by atoms with Gasteiger partial charge in [0.15, 0.2) is 0 Å².